The zero-order chi connectivity index (χ0) is 15.2. The average Bonchev–Trinajstić information content (AvgIpc) is 2.52. The van der Waals surface area contributed by atoms with Gasteiger partial charge in [0.25, 0.3) is 5.91 Å². The highest BCUT2D eigenvalue weighted by atomic mass is 16.1. The molecule has 0 unspecified atom stereocenters. The Bertz CT molecular complexity index is 620. The Morgan fingerprint density at radius 3 is 2.38 bits per heavy atom. The summed E-state index contributed by atoms with van der Waals surface area (Å²) < 4.78 is 0. The molecule has 1 amide bonds. The molecule has 4 N–H and O–H groups in total. The summed E-state index contributed by atoms with van der Waals surface area (Å²) in [5, 5.41) is 2.91. The normalized spacial score (nSPS) is 10.2. The Kier molecular flexibility index (Phi) is 4.95. The number of nitrogens with one attached hydrogen (secondary N) is 2. The van der Waals surface area contributed by atoms with Crippen LogP contribution in [0, 0.1) is 6.92 Å². The summed E-state index contributed by atoms with van der Waals surface area (Å²) in [5.41, 5.74) is 7.17. The molecule has 4 nitrogen and oxygen atoms in total. The maximum atomic E-state index is 12.2. The van der Waals surface area contributed by atoms with Crippen LogP contribution in [0.1, 0.15) is 34.0 Å². The molecule has 0 saturated carbocycles. The first-order valence-electron chi connectivity index (χ1n) is 7.07. The van der Waals surface area contributed by atoms with Gasteiger partial charge in [-0.05, 0) is 42.2 Å². The first-order chi connectivity index (χ1) is 10.1. The molecule has 21 heavy (non-hydrogen) atoms. The first kappa shape index (κ1) is 15.1. The summed E-state index contributed by atoms with van der Waals surface area (Å²) in [7, 11) is 0. The van der Waals surface area contributed by atoms with E-state index in [9.17, 15) is 4.79 Å². The Balaban J connectivity index is 2.04. The summed E-state index contributed by atoms with van der Waals surface area (Å²) in [4.78, 5) is 12.2. The maximum Gasteiger partial charge on any atom is 0.253 e. The molecule has 0 aliphatic heterocycles. The third-order valence-corrected chi connectivity index (χ3v) is 3.46. The fourth-order valence-electron chi connectivity index (χ4n) is 2.15. The molecule has 2 aromatic carbocycles. The number of amides is 1. The van der Waals surface area contributed by atoms with E-state index in [0.29, 0.717) is 17.8 Å². The van der Waals surface area contributed by atoms with E-state index in [0.717, 1.165) is 17.5 Å². The van der Waals surface area contributed by atoms with E-state index in [4.69, 9.17) is 5.84 Å². The number of nitrogen functional groups attached to an aromatic ring is 1. The van der Waals surface area contributed by atoms with Gasteiger partial charge in [0, 0.05) is 6.54 Å². The van der Waals surface area contributed by atoms with Crippen LogP contribution in [-0.4, -0.2) is 5.91 Å². The van der Waals surface area contributed by atoms with Crippen LogP contribution < -0.4 is 16.6 Å². The van der Waals surface area contributed by atoms with Crippen LogP contribution >= 0.6 is 0 Å². The Hall–Kier alpha value is -2.33. The number of aryl methyl sites for hydroxylation is 2. The van der Waals surface area contributed by atoms with Crippen molar-refractivity contribution in [1.82, 2.24) is 5.32 Å². The van der Waals surface area contributed by atoms with E-state index in [-0.39, 0.29) is 5.91 Å². The van der Waals surface area contributed by atoms with E-state index in [1.807, 2.05) is 31.2 Å². The van der Waals surface area contributed by atoms with Crippen molar-refractivity contribution < 1.29 is 4.79 Å². The van der Waals surface area contributed by atoms with Crippen LogP contribution in [0.3, 0.4) is 0 Å². The van der Waals surface area contributed by atoms with Gasteiger partial charge in [-0.15, -0.1) is 0 Å². The second-order valence-electron chi connectivity index (χ2n) is 5.05. The molecule has 0 bridgehead atoms. The number of carbonyl (C=O) groups is 1. The van der Waals surface area contributed by atoms with Crippen molar-refractivity contribution in [2.75, 3.05) is 5.43 Å². The van der Waals surface area contributed by atoms with Gasteiger partial charge in [0.15, 0.2) is 0 Å². The fourth-order valence-corrected chi connectivity index (χ4v) is 2.15. The first-order valence-corrected chi connectivity index (χ1v) is 7.07. The van der Waals surface area contributed by atoms with Crippen molar-refractivity contribution in [2.24, 2.45) is 5.84 Å². The Labute approximate surface area is 125 Å². The van der Waals surface area contributed by atoms with Gasteiger partial charge in [0.05, 0.1) is 11.3 Å². The fraction of sp³-hybridized carbons (Fsp3) is 0.235. The molecular weight excluding hydrogens is 262 g/mol. The average molecular weight is 283 g/mol. The second kappa shape index (κ2) is 6.90. The predicted octanol–water partition coefficient (Wildman–Crippen LogP) is 2.77. The van der Waals surface area contributed by atoms with E-state index in [1.54, 1.807) is 6.07 Å². The van der Waals surface area contributed by atoms with Gasteiger partial charge in [-0.2, -0.15) is 0 Å². The van der Waals surface area contributed by atoms with Crippen molar-refractivity contribution in [3.05, 3.63) is 64.7 Å². The highest BCUT2D eigenvalue weighted by Gasteiger charge is 2.10. The SMILES string of the molecule is CCc1ccc(CNC(=O)c2ccc(C)cc2NN)cc1. The highest BCUT2D eigenvalue weighted by Crippen LogP contribution is 2.16. The summed E-state index contributed by atoms with van der Waals surface area (Å²) in [6.07, 6.45) is 1.02. The number of hydrogen-bond donors (Lipinski definition) is 3. The molecule has 4 heteroatoms. The van der Waals surface area contributed by atoms with Gasteiger partial charge in [0.2, 0.25) is 0 Å². The number of anilines is 1. The lowest BCUT2D eigenvalue weighted by Gasteiger charge is -2.11. The maximum absolute atomic E-state index is 12.2. The summed E-state index contributed by atoms with van der Waals surface area (Å²) in [5.74, 6) is 5.33. The zero-order valence-electron chi connectivity index (χ0n) is 12.4. The quantitative estimate of drug-likeness (QED) is 0.584. The highest BCUT2D eigenvalue weighted by molar-refractivity contribution is 5.99. The summed E-state index contributed by atoms with van der Waals surface area (Å²) >= 11 is 0. The molecule has 2 rings (SSSR count). The number of hydrazine groups is 1. The van der Waals surface area contributed by atoms with E-state index >= 15 is 0 Å². The molecule has 0 spiro atoms. The van der Waals surface area contributed by atoms with Crippen LogP contribution in [-0.2, 0) is 13.0 Å². The number of benzene rings is 2. The smallest absolute Gasteiger partial charge is 0.253 e. The Morgan fingerprint density at radius 1 is 1.10 bits per heavy atom. The summed E-state index contributed by atoms with van der Waals surface area (Å²) in [6, 6.07) is 13.8. The standard InChI is InChI=1S/C17H21N3O/c1-3-13-5-7-14(8-6-13)11-19-17(21)15-9-4-12(2)10-16(15)20-18/h4-10,20H,3,11,18H2,1-2H3,(H,19,21). The van der Waals surface area contributed by atoms with Gasteiger partial charge in [-0.25, -0.2) is 0 Å². The van der Waals surface area contributed by atoms with Crippen molar-refractivity contribution in [3.8, 4) is 0 Å². The molecular formula is C17H21N3O. The van der Waals surface area contributed by atoms with Gasteiger partial charge in [-0.3, -0.25) is 10.6 Å². The lowest BCUT2D eigenvalue weighted by atomic mass is 10.1. The second-order valence-corrected chi connectivity index (χ2v) is 5.05. The number of carbonyl (C=O) groups excluding carboxylic acids is 1. The molecule has 2 aromatic rings. The molecule has 0 aromatic heterocycles. The number of rotatable bonds is 5. The molecule has 0 fully saturated rings. The van der Waals surface area contributed by atoms with Crippen LogP contribution in [0.2, 0.25) is 0 Å². The Morgan fingerprint density at radius 2 is 1.76 bits per heavy atom. The van der Waals surface area contributed by atoms with Crippen LogP contribution in [0.25, 0.3) is 0 Å². The topological polar surface area (TPSA) is 67.2 Å². The van der Waals surface area contributed by atoms with Gasteiger partial charge >= 0.3 is 0 Å². The lowest BCUT2D eigenvalue weighted by Crippen LogP contribution is -2.24. The van der Waals surface area contributed by atoms with E-state index in [2.05, 4.69) is 29.8 Å². The van der Waals surface area contributed by atoms with Crippen molar-refractivity contribution in [2.45, 2.75) is 26.8 Å². The lowest BCUT2D eigenvalue weighted by molar-refractivity contribution is 0.0951. The van der Waals surface area contributed by atoms with E-state index < -0.39 is 0 Å². The minimum Gasteiger partial charge on any atom is -0.348 e. The number of hydrogen-bond acceptors (Lipinski definition) is 3. The van der Waals surface area contributed by atoms with Crippen molar-refractivity contribution in [3.63, 3.8) is 0 Å². The third kappa shape index (κ3) is 3.83. The van der Waals surface area contributed by atoms with Crippen LogP contribution in [0.4, 0.5) is 5.69 Å². The zero-order valence-corrected chi connectivity index (χ0v) is 12.4. The molecule has 0 aliphatic carbocycles. The summed E-state index contributed by atoms with van der Waals surface area (Å²) in [6.45, 7) is 4.58. The van der Waals surface area contributed by atoms with E-state index in [1.165, 1.54) is 5.56 Å². The molecule has 0 saturated heterocycles. The van der Waals surface area contributed by atoms with Crippen LogP contribution in [0.15, 0.2) is 42.5 Å². The van der Waals surface area contributed by atoms with Crippen LogP contribution in [0.5, 0.6) is 0 Å². The minimum atomic E-state index is -0.137. The molecule has 0 aliphatic rings. The van der Waals surface area contributed by atoms with Crippen molar-refractivity contribution >= 4 is 11.6 Å². The molecule has 0 atom stereocenters. The monoisotopic (exact) mass is 283 g/mol. The molecule has 0 heterocycles. The van der Waals surface area contributed by atoms with Crippen molar-refractivity contribution in [1.29, 1.82) is 0 Å². The minimum absolute atomic E-state index is 0.137. The number of nitrogens with two attached hydrogens (primary N) is 1. The van der Waals surface area contributed by atoms with Gasteiger partial charge in [-0.1, -0.05) is 37.3 Å². The molecule has 0 radical (unpaired) electrons. The predicted molar refractivity (Wildman–Crippen MR) is 86.0 cm³/mol. The third-order valence-electron chi connectivity index (χ3n) is 3.46. The largest absolute Gasteiger partial charge is 0.348 e. The molecule has 110 valence electrons. The van der Waals surface area contributed by atoms with Gasteiger partial charge < -0.3 is 10.7 Å². The van der Waals surface area contributed by atoms with Gasteiger partial charge in [0.1, 0.15) is 0 Å².